The lowest BCUT2D eigenvalue weighted by molar-refractivity contribution is -0.107. The first-order chi connectivity index (χ1) is 2.41. The van der Waals surface area contributed by atoms with E-state index < -0.39 is 0 Å². The maximum absolute atomic E-state index is 9.40. The maximum atomic E-state index is 9.40. The molecule has 0 N–H and O–H groups in total. The molecule has 0 fully saturated rings. The molecule has 0 unspecified atom stereocenters. The van der Waals surface area contributed by atoms with Crippen LogP contribution >= 0.6 is 0 Å². The predicted molar refractivity (Wildman–Crippen MR) is 22.1 cm³/mol. The highest BCUT2D eigenvalue weighted by Crippen LogP contribution is 1.74. The van der Waals surface area contributed by atoms with E-state index >= 15 is 0 Å². The topological polar surface area (TPSA) is 17.1 Å². The van der Waals surface area contributed by atoms with E-state index in [1.807, 2.05) is 6.92 Å². The van der Waals surface area contributed by atoms with Crippen LogP contribution in [-0.4, -0.2) is 6.29 Å². The lowest BCUT2D eigenvalue weighted by Crippen LogP contribution is -1.64. The SMILES string of the molecule is CCCC=O.[H+]. The van der Waals surface area contributed by atoms with Crippen molar-refractivity contribution in [3.05, 3.63) is 0 Å². The average molecular weight is 73.1 g/mol. The van der Waals surface area contributed by atoms with E-state index in [-0.39, 0.29) is 1.43 Å². The molecule has 0 heterocycles. The van der Waals surface area contributed by atoms with Gasteiger partial charge in [-0.25, -0.2) is 0 Å². The summed E-state index contributed by atoms with van der Waals surface area (Å²) in [5, 5.41) is 0. The summed E-state index contributed by atoms with van der Waals surface area (Å²) < 4.78 is 0. The van der Waals surface area contributed by atoms with Crippen molar-refractivity contribution in [3.63, 3.8) is 0 Å². The zero-order valence-electron chi connectivity index (χ0n) is 4.40. The smallest absolute Gasteiger partial charge is 0.303 e. The normalized spacial score (nSPS) is 7.40. The second-order valence-corrected chi connectivity index (χ2v) is 0.955. The van der Waals surface area contributed by atoms with Crippen molar-refractivity contribution >= 4 is 6.29 Å². The van der Waals surface area contributed by atoms with E-state index in [1.54, 1.807) is 0 Å². The van der Waals surface area contributed by atoms with Crippen molar-refractivity contribution in [2.24, 2.45) is 0 Å². The summed E-state index contributed by atoms with van der Waals surface area (Å²) >= 11 is 0. The Morgan fingerprint density at radius 3 is 2.60 bits per heavy atom. The van der Waals surface area contributed by atoms with Gasteiger partial charge in [0, 0.05) is 6.42 Å². The van der Waals surface area contributed by atoms with Crippen LogP contribution in [0.5, 0.6) is 0 Å². The summed E-state index contributed by atoms with van der Waals surface area (Å²) in [5.74, 6) is 0. The van der Waals surface area contributed by atoms with Crippen LogP contribution in [0.25, 0.3) is 0 Å². The van der Waals surface area contributed by atoms with E-state index in [2.05, 4.69) is 0 Å². The Morgan fingerprint density at radius 2 is 2.60 bits per heavy atom. The van der Waals surface area contributed by atoms with Crippen molar-refractivity contribution in [1.82, 2.24) is 0 Å². The van der Waals surface area contributed by atoms with Gasteiger partial charge in [0.05, 0.1) is 0 Å². The van der Waals surface area contributed by atoms with Gasteiger partial charge in [0.1, 0.15) is 6.29 Å². The standard InChI is InChI=1S/C4H8O/c1-2-3-4-5/h4H,2-3H2,1H3/p+1. The Labute approximate surface area is 33.5 Å². The first-order valence-electron chi connectivity index (χ1n) is 1.85. The zero-order chi connectivity index (χ0) is 4.12. The molecule has 0 saturated carbocycles. The molecule has 0 aromatic heterocycles. The van der Waals surface area contributed by atoms with Crippen molar-refractivity contribution in [1.29, 1.82) is 0 Å². The van der Waals surface area contributed by atoms with E-state index in [1.165, 1.54) is 0 Å². The molecule has 0 aromatic rings. The largest absolute Gasteiger partial charge is 1.00 e. The summed E-state index contributed by atoms with van der Waals surface area (Å²) in [5.41, 5.74) is 0. The molecule has 0 saturated heterocycles. The molecule has 0 spiro atoms. The monoisotopic (exact) mass is 73.1 g/mol. The highest BCUT2D eigenvalue weighted by atomic mass is 16.1. The minimum absolute atomic E-state index is 0. The first-order valence-corrected chi connectivity index (χ1v) is 1.85. The fraction of sp³-hybridized carbons (Fsp3) is 0.750. The van der Waals surface area contributed by atoms with E-state index in [4.69, 9.17) is 0 Å². The molecule has 30 valence electrons. The molecule has 5 heavy (non-hydrogen) atoms. The lowest BCUT2D eigenvalue weighted by Gasteiger charge is -1.68. The highest BCUT2D eigenvalue weighted by Gasteiger charge is 1.66. The van der Waals surface area contributed by atoms with E-state index in [0.29, 0.717) is 6.42 Å². The highest BCUT2D eigenvalue weighted by molar-refractivity contribution is 5.48. The van der Waals surface area contributed by atoms with Crippen LogP contribution < -0.4 is 0 Å². The molecule has 1 nitrogen and oxygen atoms in total. The Hall–Kier alpha value is -0.330. The van der Waals surface area contributed by atoms with Crippen molar-refractivity contribution in [2.45, 2.75) is 19.8 Å². The number of aldehydes is 1. The third kappa shape index (κ3) is 3.67. The van der Waals surface area contributed by atoms with Gasteiger partial charge in [0.25, 0.3) is 0 Å². The van der Waals surface area contributed by atoms with Gasteiger partial charge < -0.3 is 4.79 Å². The molecule has 0 rings (SSSR count). The van der Waals surface area contributed by atoms with Crippen molar-refractivity contribution in [3.8, 4) is 0 Å². The van der Waals surface area contributed by atoms with Gasteiger partial charge in [0.2, 0.25) is 0 Å². The van der Waals surface area contributed by atoms with Gasteiger partial charge in [-0.05, 0) is 6.42 Å². The summed E-state index contributed by atoms with van der Waals surface area (Å²) in [6.45, 7) is 1.98. The Kier molecular flexibility index (Phi) is 3.43. The van der Waals surface area contributed by atoms with Gasteiger partial charge in [0.15, 0.2) is 0 Å². The molecule has 0 atom stereocenters. The number of unbranched alkanes of at least 4 members (excludes halogenated alkanes) is 1. The molecule has 0 bridgehead atoms. The average Bonchev–Trinajstić information content (AvgIpc) is 1.41. The molecule has 0 radical (unpaired) electrons. The molecular formula is C4H9O+. The lowest BCUT2D eigenvalue weighted by atomic mass is 10.4. The zero-order valence-corrected chi connectivity index (χ0v) is 3.40. The van der Waals surface area contributed by atoms with Gasteiger partial charge in [-0.1, -0.05) is 6.92 Å². The van der Waals surface area contributed by atoms with Crippen LogP contribution in [0.4, 0.5) is 0 Å². The number of hydrogen-bond acceptors (Lipinski definition) is 1. The first kappa shape index (κ1) is 4.67. The summed E-state index contributed by atoms with van der Waals surface area (Å²) in [6, 6.07) is 0. The molecule has 0 aliphatic carbocycles. The number of rotatable bonds is 2. The Bertz CT molecular complexity index is 28.7. The molecule has 0 amide bonds. The van der Waals surface area contributed by atoms with Crippen LogP contribution in [0.3, 0.4) is 0 Å². The van der Waals surface area contributed by atoms with Gasteiger partial charge >= 0.3 is 1.43 Å². The molecular weight excluding hydrogens is 64.0 g/mol. The molecule has 1 heteroatoms. The fourth-order valence-electron chi connectivity index (χ4n) is 0.118. The summed E-state index contributed by atoms with van der Waals surface area (Å²) in [6.07, 6.45) is 2.61. The summed E-state index contributed by atoms with van der Waals surface area (Å²) in [4.78, 5) is 9.40. The van der Waals surface area contributed by atoms with Crippen LogP contribution in [-0.2, 0) is 4.79 Å². The van der Waals surface area contributed by atoms with Crippen LogP contribution in [0.2, 0.25) is 0 Å². The summed E-state index contributed by atoms with van der Waals surface area (Å²) in [7, 11) is 0. The molecule has 0 aliphatic heterocycles. The minimum Gasteiger partial charge on any atom is -0.303 e. The Balaban J connectivity index is 0. The second-order valence-electron chi connectivity index (χ2n) is 0.955. The number of carbonyl (C=O) groups excluding carboxylic acids is 1. The van der Waals surface area contributed by atoms with Crippen molar-refractivity contribution in [2.75, 3.05) is 0 Å². The van der Waals surface area contributed by atoms with Gasteiger partial charge in [-0.2, -0.15) is 0 Å². The van der Waals surface area contributed by atoms with E-state index in [0.717, 1.165) is 12.7 Å². The van der Waals surface area contributed by atoms with Crippen LogP contribution in [0, 0.1) is 0 Å². The third-order valence-corrected chi connectivity index (χ3v) is 0.407. The van der Waals surface area contributed by atoms with Crippen LogP contribution in [0.1, 0.15) is 21.2 Å². The third-order valence-electron chi connectivity index (χ3n) is 0.407. The van der Waals surface area contributed by atoms with Crippen molar-refractivity contribution < 1.29 is 6.22 Å². The number of carbonyl (C=O) groups is 1. The Morgan fingerprint density at radius 1 is 2.00 bits per heavy atom. The predicted octanol–water partition coefficient (Wildman–Crippen LogP) is 1.10. The fourth-order valence-corrected chi connectivity index (χ4v) is 0.118. The molecule has 0 aromatic carbocycles. The molecule has 0 aliphatic rings. The maximum Gasteiger partial charge on any atom is 1.00 e. The minimum atomic E-state index is 0. The van der Waals surface area contributed by atoms with Crippen LogP contribution in [0.15, 0.2) is 0 Å². The van der Waals surface area contributed by atoms with Gasteiger partial charge in [-0.3, -0.25) is 0 Å². The van der Waals surface area contributed by atoms with E-state index in [9.17, 15) is 4.79 Å². The van der Waals surface area contributed by atoms with Gasteiger partial charge in [-0.15, -0.1) is 0 Å². The number of hydrogen-bond donors (Lipinski definition) is 0. The quantitative estimate of drug-likeness (QED) is 0.447. The second kappa shape index (κ2) is 3.67.